The Balaban J connectivity index is 1.11. The van der Waals surface area contributed by atoms with Crippen molar-refractivity contribution in [3.63, 3.8) is 0 Å². The molecule has 0 radical (unpaired) electrons. The number of hydrogen-bond acceptors (Lipinski definition) is 5. The molecule has 0 aliphatic carbocycles. The molecule has 0 spiro atoms. The molecule has 3 aromatic rings. The number of nitrogens with one attached hydrogen (secondary N) is 1. The average molecular weight is 435 g/mol. The Bertz CT molecular complexity index is 988. The summed E-state index contributed by atoms with van der Waals surface area (Å²) in [5, 5.41) is 4.50. The second-order valence-corrected chi connectivity index (χ2v) is 9.93. The van der Waals surface area contributed by atoms with Crippen molar-refractivity contribution in [1.29, 1.82) is 0 Å². The van der Waals surface area contributed by atoms with Crippen LogP contribution in [-0.4, -0.2) is 59.5 Å². The monoisotopic (exact) mass is 434 g/mol. The van der Waals surface area contributed by atoms with Gasteiger partial charge in [-0.05, 0) is 43.5 Å². The highest BCUT2D eigenvalue weighted by Crippen LogP contribution is 2.32. The summed E-state index contributed by atoms with van der Waals surface area (Å²) < 4.78 is 1.26. The van der Waals surface area contributed by atoms with Crippen LogP contribution in [-0.2, 0) is 11.3 Å². The van der Waals surface area contributed by atoms with Crippen molar-refractivity contribution in [2.24, 2.45) is 0 Å². The maximum absolute atomic E-state index is 12.7. The lowest BCUT2D eigenvalue weighted by molar-refractivity contribution is -0.123. The van der Waals surface area contributed by atoms with E-state index in [2.05, 4.69) is 63.6 Å². The number of likely N-dealkylation sites (tertiary alicyclic amines) is 2. The SMILES string of the molecule is O=C(CN1CCC[C@@H](c2nc3ccccc3s2)C1)N[C@@H]1CCN(Cc2ccccc2)C1. The second-order valence-electron chi connectivity index (χ2n) is 8.87. The third-order valence-electron chi connectivity index (χ3n) is 6.42. The van der Waals surface area contributed by atoms with E-state index in [0.29, 0.717) is 12.5 Å². The first kappa shape index (κ1) is 20.6. The second kappa shape index (κ2) is 9.47. The molecule has 2 atom stereocenters. The number of nitrogens with zero attached hydrogens (tertiary/aromatic N) is 3. The summed E-state index contributed by atoms with van der Waals surface area (Å²) in [5.74, 6) is 0.600. The smallest absolute Gasteiger partial charge is 0.234 e. The third-order valence-corrected chi connectivity index (χ3v) is 7.62. The number of thiazole rings is 1. The number of piperidine rings is 1. The molecule has 2 aliphatic heterocycles. The summed E-state index contributed by atoms with van der Waals surface area (Å²) in [7, 11) is 0. The molecule has 0 bridgehead atoms. The van der Waals surface area contributed by atoms with Crippen molar-refractivity contribution in [1.82, 2.24) is 20.1 Å². The van der Waals surface area contributed by atoms with Crippen molar-refractivity contribution >= 4 is 27.5 Å². The summed E-state index contributed by atoms with van der Waals surface area (Å²) in [6, 6.07) is 19.2. The summed E-state index contributed by atoms with van der Waals surface area (Å²) in [4.78, 5) is 22.3. The maximum atomic E-state index is 12.7. The maximum Gasteiger partial charge on any atom is 0.234 e. The van der Waals surface area contributed by atoms with Crippen molar-refractivity contribution in [3.05, 3.63) is 65.2 Å². The van der Waals surface area contributed by atoms with Gasteiger partial charge in [0.05, 0.1) is 21.8 Å². The van der Waals surface area contributed by atoms with Crippen molar-refractivity contribution in [2.45, 2.75) is 37.8 Å². The molecule has 162 valence electrons. The molecule has 31 heavy (non-hydrogen) atoms. The minimum absolute atomic E-state index is 0.163. The Hall–Kier alpha value is -2.28. The number of carbonyl (C=O) groups is 1. The molecular weight excluding hydrogens is 404 g/mol. The number of fused-ring (bicyclic) bond motifs is 1. The summed E-state index contributed by atoms with van der Waals surface area (Å²) in [6.07, 6.45) is 3.32. The van der Waals surface area contributed by atoms with Crippen LogP contribution in [0.15, 0.2) is 54.6 Å². The number of benzene rings is 2. The molecule has 5 rings (SSSR count). The van der Waals surface area contributed by atoms with Gasteiger partial charge in [-0.25, -0.2) is 4.98 Å². The van der Waals surface area contributed by atoms with Crippen molar-refractivity contribution in [3.8, 4) is 0 Å². The first-order chi connectivity index (χ1) is 15.2. The van der Waals surface area contributed by atoms with Gasteiger partial charge in [0.15, 0.2) is 0 Å². The molecule has 1 aromatic heterocycles. The lowest BCUT2D eigenvalue weighted by Crippen LogP contribution is -2.45. The normalized spacial score (nSPS) is 22.7. The van der Waals surface area contributed by atoms with E-state index in [-0.39, 0.29) is 11.9 Å². The summed E-state index contributed by atoms with van der Waals surface area (Å²) >= 11 is 1.81. The van der Waals surface area contributed by atoms with Crippen LogP contribution in [0.5, 0.6) is 0 Å². The van der Waals surface area contributed by atoms with Gasteiger partial charge in [-0.3, -0.25) is 14.6 Å². The fraction of sp³-hybridized carbons (Fsp3) is 0.440. The van der Waals surface area contributed by atoms with Crippen LogP contribution in [0.4, 0.5) is 0 Å². The standard InChI is InChI=1S/C25H30N4OS/c30-24(26-21-12-14-29(17-21)15-19-7-2-1-3-8-19)18-28-13-6-9-20(16-28)25-27-22-10-4-5-11-23(22)31-25/h1-5,7-8,10-11,20-21H,6,9,12-18H2,(H,26,30)/t20-,21-/m1/s1. The van der Waals surface area contributed by atoms with Crippen LogP contribution in [0.25, 0.3) is 10.2 Å². The molecule has 2 fully saturated rings. The Morgan fingerprint density at radius 2 is 1.84 bits per heavy atom. The van der Waals surface area contributed by atoms with E-state index in [0.717, 1.165) is 57.5 Å². The highest BCUT2D eigenvalue weighted by molar-refractivity contribution is 7.18. The summed E-state index contributed by atoms with van der Waals surface area (Å²) in [6.45, 7) is 5.37. The molecule has 6 heteroatoms. The zero-order chi connectivity index (χ0) is 21.0. The van der Waals surface area contributed by atoms with Crippen LogP contribution < -0.4 is 5.32 Å². The minimum atomic E-state index is 0.163. The Labute approximate surface area is 188 Å². The largest absolute Gasteiger partial charge is 0.351 e. The van der Waals surface area contributed by atoms with Crippen LogP contribution in [0.1, 0.15) is 35.8 Å². The van der Waals surface area contributed by atoms with Crippen molar-refractivity contribution in [2.75, 3.05) is 32.7 Å². The van der Waals surface area contributed by atoms with E-state index in [4.69, 9.17) is 4.98 Å². The van der Waals surface area contributed by atoms with Gasteiger partial charge in [-0.15, -0.1) is 11.3 Å². The zero-order valence-electron chi connectivity index (χ0n) is 17.9. The van der Waals surface area contributed by atoms with E-state index in [9.17, 15) is 4.79 Å². The minimum Gasteiger partial charge on any atom is -0.351 e. The molecule has 2 saturated heterocycles. The predicted molar refractivity (Wildman–Crippen MR) is 126 cm³/mol. The van der Waals surface area contributed by atoms with Crippen LogP contribution in [0.2, 0.25) is 0 Å². The molecule has 2 aliphatic rings. The molecule has 1 amide bonds. The van der Waals surface area contributed by atoms with Gasteiger partial charge < -0.3 is 5.32 Å². The van der Waals surface area contributed by atoms with Gasteiger partial charge in [-0.1, -0.05) is 42.5 Å². The molecule has 0 unspecified atom stereocenters. The number of hydrogen-bond donors (Lipinski definition) is 1. The Kier molecular flexibility index (Phi) is 6.30. The average Bonchev–Trinajstić information content (AvgIpc) is 3.41. The van der Waals surface area contributed by atoms with Gasteiger partial charge in [0.25, 0.3) is 0 Å². The van der Waals surface area contributed by atoms with E-state index < -0.39 is 0 Å². The Morgan fingerprint density at radius 1 is 1.00 bits per heavy atom. The highest BCUT2D eigenvalue weighted by Gasteiger charge is 2.27. The predicted octanol–water partition coefficient (Wildman–Crippen LogP) is 3.87. The first-order valence-electron chi connectivity index (χ1n) is 11.4. The third kappa shape index (κ3) is 5.14. The summed E-state index contributed by atoms with van der Waals surface area (Å²) in [5.41, 5.74) is 2.43. The van der Waals surface area contributed by atoms with Crippen molar-refractivity contribution < 1.29 is 4.79 Å². The van der Waals surface area contributed by atoms with E-state index >= 15 is 0 Å². The van der Waals surface area contributed by atoms with Gasteiger partial charge in [-0.2, -0.15) is 0 Å². The lowest BCUT2D eigenvalue weighted by Gasteiger charge is -2.31. The molecule has 1 N–H and O–H groups in total. The number of rotatable bonds is 6. The lowest BCUT2D eigenvalue weighted by atomic mass is 9.99. The number of carbonyl (C=O) groups excluding carboxylic acids is 1. The first-order valence-corrected chi connectivity index (χ1v) is 12.2. The van der Waals surface area contributed by atoms with Gasteiger partial charge in [0.1, 0.15) is 0 Å². The molecule has 3 heterocycles. The Morgan fingerprint density at radius 3 is 2.71 bits per heavy atom. The van der Waals surface area contributed by atoms with Gasteiger partial charge in [0.2, 0.25) is 5.91 Å². The quantitative estimate of drug-likeness (QED) is 0.640. The fourth-order valence-electron chi connectivity index (χ4n) is 4.88. The number of para-hydroxylation sites is 1. The zero-order valence-corrected chi connectivity index (χ0v) is 18.7. The van der Waals surface area contributed by atoms with E-state index in [1.165, 1.54) is 15.3 Å². The van der Waals surface area contributed by atoms with Gasteiger partial charge in [0, 0.05) is 38.1 Å². The van der Waals surface area contributed by atoms with Crippen LogP contribution >= 0.6 is 11.3 Å². The number of amides is 1. The molecular formula is C25H30N4OS. The van der Waals surface area contributed by atoms with Gasteiger partial charge >= 0.3 is 0 Å². The van der Waals surface area contributed by atoms with E-state index in [1.807, 2.05) is 17.4 Å². The van der Waals surface area contributed by atoms with E-state index in [1.54, 1.807) is 0 Å². The number of aromatic nitrogens is 1. The molecule has 5 nitrogen and oxygen atoms in total. The highest BCUT2D eigenvalue weighted by atomic mass is 32.1. The van der Waals surface area contributed by atoms with Crippen LogP contribution in [0.3, 0.4) is 0 Å². The molecule has 2 aromatic carbocycles. The van der Waals surface area contributed by atoms with Crippen LogP contribution in [0, 0.1) is 0 Å². The molecule has 0 saturated carbocycles. The topological polar surface area (TPSA) is 48.5 Å². The fourth-order valence-corrected chi connectivity index (χ4v) is 5.97.